The monoisotopic (exact) mass is 483 g/mol. The summed E-state index contributed by atoms with van der Waals surface area (Å²) in [5, 5.41) is 0. The molecule has 1 atom stereocenters. The molecule has 0 amide bonds. The average molecular weight is 484 g/mol. The number of piperazine rings is 1. The number of ether oxygens (including phenoxy) is 2. The van der Waals surface area contributed by atoms with Crippen molar-refractivity contribution in [2.24, 2.45) is 0 Å². The minimum atomic E-state index is -3.79. The van der Waals surface area contributed by atoms with Crippen LogP contribution in [0.1, 0.15) is 11.6 Å². The molecule has 0 unspecified atom stereocenters. The van der Waals surface area contributed by atoms with Crippen molar-refractivity contribution in [3.63, 3.8) is 0 Å². The summed E-state index contributed by atoms with van der Waals surface area (Å²) in [6.07, 6.45) is 0. The van der Waals surface area contributed by atoms with E-state index in [9.17, 15) is 12.8 Å². The quantitative estimate of drug-likeness (QED) is 0.556. The molecule has 1 N–H and O–H groups in total. The summed E-state index contributed by atoms with van der Waals surface area (Å²) >= 11 is 0. The number of sulfonamides is 1. The van der Waals surface area contributed by atoms with E-state index >= 15 is 0 Å². The van der Waals surface area contributed by atoms with E-state index in [-0.39, 0.29) is 24.3 Å². The molecule has 0 aromatic heterocycles. The highest BCUT2D eigenvalue weighted by molar-refractivity contribution is 7.89. The molecule has 1 saturated heterocycles. The Morgan fingerprint density at radius 2 is 1.59 bits per heavy atom. The van der Waals surface area contributed by atoms with E-state index in [4.69, 9.17) is 9.47 Å². The van der Waals surface area contributed by atoms with Crippen LogP contribution < -0.4 is 19.1 Å². The Labute approximate surface area is 198 Å². The highest BCUT2D eigenvalue weighted by Crippen LogP contribution is 2.36. The van der Waals surface area contributed by atoms with Crippen LogP contribution in [0, 0.1) is 5.82 Å². The van der Waals surface area contributed by atoms with Gasteiger partial charge in [-0.25, -0.2) is 17.5 Å². The van der Waals surface area contributed by atoms with Gasteiger partial charge in [-0.05, 0) is 54.1 Å². The lowest BCUT2D eigenvalue weighted by molar-refractivity contribution is 0.173. The van der Waals surface area contributed by atoms with Gasteiger partial charge < -0.3 is 14.4 Å². The van der Waals surface area contributed by atoms with Gasteiger partial charge in [-0.1, -0.05) is 24.3 Å². The van der Waals surface area contributed by atoms with Gasteiger partial charge in [0.05, 0.1) is 4.90 Å². The molecule has 2 aliphatic rings. The molecule has 0 aliphatic carbocycles. The van der Waals surface area contributed by atoms with Crippen LogP contribution in [-0.4, -0.2) is 52.8 Å². The molecule has 7 nitrogen and oxygen atoms in total. The Morgan fingerprint density at radius 1 is 0.882 bits per heavy atom. The molecule has 178 valence electrons. The van der Waals surface area contributed by atoms with Crippen LogP contribution >= 0.6 is 0 Å². The predicted octanol–water partition coefficient (Wildman–Crippen LogP) is 3.40. The summed E-state index contributed by atoms with van der Waals surface area (Å²) in [4.78, 5) is 4.65. The second-order valence-corrected chi connectivity index (χ2v) is 10.1. The van der Waals surface area contributed by atoms with Gasteiger partial charge in [0.25, 0.3) is 0 Å². The summed E-state index contributed by atoms with van der Waals surface area (Å²) in [7, 11) is -3.79. The van der Waals surface area contributed by atoms with Crippen molar-refractivity contribution in [3.8, 4) is 11.5 Å². The van der Waals surface area contributed by atoms with Crippen LogP contribution in [0.2, 0.25) is 0 Å². The lowest BCUT2D eigenvalue weighted by atomic mass is 10.0. The number of anilines is 1. The fraction of sp³-hybridized carbons (Fsp3) is 0.280. The van der Waals surface area contributed by atoms with Gasteiger partial charge >= 0.3 is 0 Å². The Balaban J connectivity index is 1.35. The minimum absolute atomic E-state index is 0.0345. The normalized spacial score (nSPS) is 17.0. The van der Waals surface area contributed by atoms with Crippen LogP contribution in [-0.2, 0) is 10.0 Å². The molecule has 3 aromatic rings. The second-order valence-electron chi connectivity index (χ2n) is 8.29. The van der Waals surface area contributed by atoms with Gasteiger partial charge in [-0.15, -0.1) is 0 Å². The number of rotatable bonds is 7. The fourth-order valence-corrected chi connectivity index (χ4v) is 5.43. The predicted molar refractivity (Wildman–Crippen MR) is 127 cm³/mol. The zero-order valence-corrected chi connectivity index (χ0v) is 19.4. The molecule has 0 saturated carbocycles. The third-order valence-electron chi connectivity index (χ3n) is 6.25. The highest BCUT2D eigenvalue weighted by Gasteiger charge is 2.28. The number of fused-ring (bicyclic) bond motifs is 1. The molecular formula is C25H26FN3O4S. The van der Waals surface area contributed by atoms with Crippen LogP contribution in [0.5, 0.6) is 11.5 Å². The van der Waals surface area contributed by atoms with Gasteiger partial charge in [-0.2, -0.15) is 0 Å². The maximum atomic E-state index is 13.3. The van der Waals surface area contributed by atoms with Crippen LogP contribution in [0.25, 0.3) is 0 Å². The van der Waals surface area contributed by atoms with Gasteiger partial charge in [0.1, 0.15) is 5.82 Å². The first-order valence-electron chi connectivity index (χ1n) is 11.2. The summed E-state index contributed by atoms with van der Waals surface area (Å²) in [5.41, 5.74) is 2.12. The molecule has 0 radical (unpaired) electrons. The number of hydrogen-bond acceptors (Lipinski definition) is 6. The van der Waals surface area contributed by atoms with Crippen molar-refractivity contribution in [3.05, 3.63) is 84.2 Å². The molecule has 9 heteroatoms. The Bertz CT molecular complexity index is 1230. The van der Waals surface area contributed by atoms with Gasteiger partial charge in [0, 0.05) is 44.5 Å². The van der Waals surface area contributed by atoms with E-state index in [0.717, 1.165) is 43.9 Å². The van der Waals surface area contributed by atoms with Crippen LogP contribution in [0.15, 0.2) is 77.7 Å². The Kier molecular flexibility index (Phi) is 6.40. The minimum Gasteiger partial charge on any atom is -0.454 e. The highest BCUT2D eigenvalue weighted by atomic mass is 32.2. The van der Waals surface area contributed by atoms with E-state index in [0.29, 0.717) is 11.5 Å². The van der Waals surface area contributed by atoms with E-state index < -0.39 is 15.8 Å². The lowest BCUT2D eigenvalue weighted by Gasteiger charge is -2.40. The smallest absolute Gasteiger partial charge is 0.240 e. The van der Waals surface area contributed by atoms with Crippen molar-refractivity contribution < 1.29 is 22.3 Å². The third kappa shape index (κ3) is 4.86. The maximum absolute atomic E-state index is 13.3. The lowest BCUT2D eigenvalue weighted by Crippen LogP contribution is -2.49. The van der Waals surface area contributed by atoms with E-state index in [1.54, 1.807) is 0 Å². The number of para-hydroxylation sites is 1. The summed E-state index contributed by atoms with van der Waals surface area (Å²) in [6.45, 7) is 3.55. The molecule has 2 aliphatic heterocycles. The Morgan fingerprint density at radius 3 is 2.32 bits per heavy atom. The standard InChI is InChI=1S/C25H26FN3O4S/c26-20-7-9-22(10-8-20)34(30,31)27-17-23(19-6-11-24-25(16-19)33-18-32-24)29-14-12-28(13-15-29)21-4-2-1-3-5-21/h1-11,16,23,27H,12-15,17-18H2/t23-/m0/s1. The van der Waals surface area contributed by atoms with Crippen molar-refractivity contribution in [1.82, 2.24) is 9.62 Å². The Hall–Kier alpha value is -3.14. The summed E-state index contributed by atoms with van der Waals surface area (Å²) in [6, 6.07) is 20.6. The fourth-order valence-electron chi connectivity index (χ4n) is 4.39. The van der Waals surface area contributed by atoms with Gasteiger partial charge in [0.15, 0.2) is 11.5 Å². The van der Waals surface area contributed by atoms with E-state index in [1.807, 2.05) is 36.4 Å². The first-order valence-corrected chi connectivity index (χ1v) is 12.7. The topological polar surface area (TPSA) is 71.1 Å². The van der Waals surface area contributed by atoms with Crippen molar-refractivity contribution in [2.45, 2.75) is 10.9 Å². The molecule has 3 aromatic carbocycles. The van der Waals surface area contributed by atoms with Crippen LogP contribution in [0.4, 0.5) is 10.1 Å². The second kappa shape index (κ2) is 9.61. The molecule has 1 fully saturated rings. The molecule has 5 rings (SSSR count). The van der Waals surface area contributed by atoms with Crippen molar-refractivity contribution in [1.29, 1.82) is 0 Å². The van der Waals surface area contributed by atoms with Gasteiger partial charge in [0.2, 0.25) is 16.8 Å². The van der Waals surface area contributed by atoms with E-state index in [1.165, 1.54) is 17.8 Å². The third-order valence-corrected chi connectivity index (χ3v) is 7.69. The van der Waals surface area contributed by atoms with Crippen molar-refractivity contribution in [2.75, 3.05) is 44.4 Å². The van der Waals surface area contributed by atoms with Crippen LogP contribution in [0.3, 0.4) is 0 Å². The SMILES string of the molecule is O=S(=O)(NC[C@@H](c1ccc2c(c1)OCO2)N1CCN(c2ccccc2)CC1)c1ccc(F)cc1. The molecule has 2 heterocycles. The average Bonchev–Trinajstić information content (AvgIpc) is 3.33. The number of nitrogens with zero attached hydrogens (tertiary/aromatic N) is 2. The number of benzene rings is 3. The largest absolute Gasteiger partial charge is 0.454 e. The van der Waals surface area contributed by atoms with E-state index in [2.05, 4.69) is 26.7 Å². The maximum Gasteiger partial charge on any atom is 0.240 e. The molecule has 34 heavy (non-hydrogen) atoms. The molecular weight excluding hydrogens is 457 g/mol. The number of halogens is 1. The molecule has 0 bridgehead atoms. The summed E-state index contributed by atoms with van der Waals surface area (Å²) in [5.74, 6) is 0.864. The first-order chi connectivity index (χ1) is 16.5. The van der Waals surface area contributed by atoms with Gasteiger partial charge in [-0.3, -0.25) is 4.90 Å². The number of nitrogens with one attached hydrogen (secondary N) is 1. The zero-order valence-electron chi connectivity index (χ0n) is 18.6. The zero-order chi connectivity index (χ0) is 23.5. The first kappa shape index (κ1) is 22.6. The van der Waals surface area contributed by atoms with Crippen molar-refractivity contribution >= 4 is 15.7 Å². The number of hydrogen-bond donors (Lipinski definition) is 1. The molecule has 0 spiro atoms. The summed E-state index contributed by atoms with van der Waals surface area (Å²) < 4.78 is 52.7.